The summed E-state index contributed by atoms with van der Waals surface area (Å²) in [6.07, 6.45) is 9.15. The molecular weight excluding hydrogens is 216 g/mol. The van der Waals surface area contributed by atoms with E-state index in [1.807, 2.05) is 6.07 Å². The maximum absolute atomic E-state index is 11.1. The van der Waals surface area contributed by atoms with Crippen LogP contribution in [0.2, 0.25) is 0 Å². The number of aryl methyl sites for hydroxylation is 1. The van der Waals surface area contributed by atoms with Gasteiger partial charge in [0, 0.05) is 4.88 Å². The average molecular weight is 238 g/mol. The van der Waals surface area contributed by atoms with Crippen molar-refractivity contribution >= 4 is 17.1 Å². The number of carbonyl (C=O) groups excluding carboxylic acids is 1. The molecule has 0 saturated carbocycles. The summed E-state index contributed by atoms with van der Waals surface area (Å²) in [5.41, 5.74) is 0. The standard InChI is InChI=1S/C14H22OS/c1-3-4-5-6-7-8-9-13-10-11-14(16-13)12(2)15/h10-11H,3-9H2,1-2H3. The van der Waals surface area contributed by atoms with E-state index in [-0.39, 0.29) is 5.78 Å². The summed E-state index contributed by atoms with van der Waals surface area (Å²) in [5, 5.41) is 0. The third-order valence-corrected chi connectivity index (χ3v) is 4.03. The first-order valence-corrected chi connectivity index (χ1v) is 7.15. The first-order chi connectivity index (χ1) is 7.74. The van der Waals surface area contributed by atoms with Crippen LogP contribution in [0, 0.1) is 0 Å². The van der Waals surface area contributed by atoms with Crippen molar-refractivity contribution in [2.45, 2.75) is 58.8 Å². The topological polar surface area (TPSA) is 17.1 Å². The fourth-order valence-corrected chi connectivity index (χ4v) is 2.73. The Labute approximate surface area is 103 Å². The number of hydrogen-bond acceptors (Lipinski definition) is 2. The normalized spacial score (nSPS) is 10.6. The molecule has 0 aliphatic carbocycles. The van der Waals surface area contributed by atoms with Gasteiger partial charge in [0.15, 0.2) is 5.78 Å². The van der Waals surface area contributed by atoms with Crippen molar-refractivity contribution in [3.05, 3.63) is 21.9 Å². The first-order valence-electron chi connectivity index (χ1n) is 6.33. The Morgan fingerprint density at radius 1 is 1.12 bits per heavy atom. The third-order valence-electron chi connectivity index (χ3n) is 2.79. The van der Waals surface area contributed by atoms with E-state index in [0.717, 1.165) is 11.3 Å². The van der Waals surface area contributed by atoms with E-state index in [2.05, 4.69) is 13.0 Å². The molecule has 16 heavy (non-hydrogen) atoms. The molecular formula is C14H22OS. The van der Waals surface area contributed by atoms with Crippen molar-refractivity contribution in [3.8, 4) is 0 Å². The number of Topliss-reactive ketones (excluding diaryl/α,β-unsaturated/α-hetero) is 1. The average Bonchev–Trinajstić information content (AvgIpc) is 2.72. The lowest BCUT2D eigenvalue weighted by molar-refractivity contribution is 0.102. The summed E-state index contributed by atoms with van der Waals surface area (Å²) in [5.74, 6) is 0.194. The zero-order chi connectivity index (χ0) is 11.8. The highest BCUT2D eigenvalue weighted by atomic mass is 32.1. The van der Waals surface area contributed by atoms with E-state index < -0.39 is 0 Å². The van der Waals surface area contributed by atoms with Gasteiger partial charge in [0.05, 0.1) is 4.88 Å². The number of ketones is 1. The summed E-state index contributed by atoms with van der Waals surface area (Å²) in [4.78, 5) is 13.4. The second-order valence-electron chi connectivity index (χ2n) is 4.34. The minimum Gasteiger partial charge on any atom is -0.294 e. The van der Waals surface area contributed by atoms with Crippen molar-refractivity contribution < 1.29 is 4.79 Å². The van der Waals surface area contributed by atoms with Crippen LogP contribution in [0.25, 0.3) is 0 Å². The molecule has 0 bridgehead atoms. The van der Waals surface area contributed by atoms with Gasteiger partial charge in [0.25, 0.3) is 0 Å². The predicted molar refractivity (Wildman–Crippen MR) is 71.4 cm³/mol. The Hall–Kier alpha value is -0.630. The van der Waals surface area contributed by atoms with Gasteiger partial charge in [-0.2, -0.15) is 0 Å². The van der Waals surface area contributed by atoms with E-state index in [9.17, 15) is 4.79 Å². The summed E-state index contributed by atoms with van der Waals surface area (Å²) < 4.78 is 0. The van der Waals surface area contributed by atoms with Gasteiger partial charge >= 0.3 is 0 Å². The maximum Gasteiger partial charge on any atom is 0.169 e. The maximum atomic E-state index is 11.1. The molecule has 0 spiro atoms. The van der Waals surface area contributed by atoms with Gasteiger partial charge in [-0.3, -0.25) is 4.79 Å². The Morgan fingerprint density at radius 3 is 2.44 bits per heavy atom. The number of hydrogen-bond donors (Lipinski definition) is 0. The van der Waals surface area contributed by atoms with Crippen LogP contribution in [0.4, 0.5) is 0 Å². The fourth-order valence-electron chi connectivity index (χ4n) is 1.78. The van der Waals surface area contributed by atoms with E-state index in [1.54, 1.807) is 18.3 Å². The zero-order valence-corrected chi connectivity index (χ0v) is 11.2. The summed E-state index contributed by atoms with van der Waals surface area (Å²) in [7, 11) is 0. The molecule has 0 radical (unpaired) electrons. The molecule has 0 aliphatic heterocycles. The lowest BCUT2D eigenvalue weighted by Gasteiger charge is -1.99. The van der Waals surface area contributed by atoms with Gasteiger partial charge in [-0.25, -0.2) is 0 Å². The summed E-state index contributed by atoms with van der Waals surface area (Å²) in [6, 6.07) is 4.06. The van der Waals surface area contributed by atoms with Crippen LogP contribution in [-0.4, -0.2) is 5.78 Å². The van der Waals surface area contributed by atoms with Crippen LogP contribution in [0.3, 0.4) is 0 Å². The van der Waals surface area contributed by atoms with Gasteiger partial charge in [0.1, 0.15) is 0 Å². The molecule has 90 valence electrons. The Balaban J connectivity index is 2.14. The highest BCUT2D eigenvalue weighted by Crippen LogP contribution is 2.19. The molecule has 0 fully saturated rings. The summed E-state index contributed by atoms with van der Waals surface area (Å²) >= 11 is 1.66. The molecule has 0 aromatic carbocycles. The van der Waals surface area contributed by atoms with Crippen LogP contribution < -0.4 is 0 Å². The second kappa shape index (κ2) is 7.61. The van der Waals surface area contributed by atoms with Gasteiger partial charge in [-0.1, -0.05) is 39.0 Å². The second-order valence-corrected chi connectivity index (χ2v) is 5.51. The van der Waals surface area contributed by atoms with Gasteiger partial charge in [0.2, 0.25) is 0 Å². The molecule has 0 aliphatic rings. The number of unbranched alkanes of at least 4 members (excludes halogenated alkanes) is 5. The molecule has 1 aromatic rings. The lowest BCUT2D eigenvalue weighted by Crippen LogP contribution is -1.84. The van der Waals surface area contributed by atoms with E-state index in [1.165, 1.54) is 43.4 Å². The van der Waals surface area contributed by atoms with Crippen LogP contribution in [-0.2, 0) is 6.42 Å². The fraction of sp³-hybridized carbons (Fsp3) is 0.643. The molecule has 0 N–H and O–H groups in total. The highest BCUT2D eigenvalue weighted by Gasteiger charge is 2.03. The molecule has 1 nitrogen and oxygen atoms in total. The van der Waals surface area contributed by atoms with Gasteiger partial charge in [-0.15, -0.1) is 11.3 Å². The first kappa shape index (κ1) is 13.4. The third kappa shape index (κ3) is 4.93. The van der Waals surface area contributed by atoms with Crippen LogP contribution in [0.1, 0.15) is 66.9 Å². The van der Waals surface area contributed by atoms with Crippen LogP contribution >= 0.6 is 11.3 Å². The van der Waals surface area contributed by atoms with Crippen molar-refractivity contribution in [2.24, 2.45) is 0 Å². The van der Waals surface area contributed by atoms with Crippen molar-refractivity contribution in [1.82, 2.24) is 0 Å². The quantitative estimate of drug-likeness (QED) is 0.467. The smallest absolute Gasteiger partial charge is 0.169 e. The van der Waals surface area contributed by atoms with E-state index >= 15 is 0 Å². The molecule has 1 heterocycles. The van der Waals surface area contributed by atoms with Crippen LogP contribution in [0.5, 0.6) is 0 Å². The monoisotopic (exact) mass is 238 g/mol. The largest absolute Gasteiger partial charge is 0.294 e. The number of thiophene rings is 1. The predicted octanol–water partition coefficient (Wildman–Crippen LogP) is 4.85. The Morgan fingerprint density at radius 2 is 1.81 bits per heavy atom. The van der Waals surface area contributed by atoms with Gasteiger partial charge < -0.3 is 0 Å². The number of rotatable bonds is 8. The lowest BCUT2D eigenvalue weighted by atomic mass is 10.1. The summed E-state index contributed by atoms with van der Waals surface area (Å²) in [6.45, 7) is 3.88. The van der Waals surface area contributed by atoms with Crippen molar-refractivity contribution in [2.75, 3.05) is 0 Å². The highest BCUT2D eigenvalue weighted by molar-refractivity contribution is 7.14. The molecule has 0 amide bonds. The molecule has 2 heteroatoms. The molecule has 1 rings (SSSR count). The van der Waals surface area contributed by atoms with Crippen molar-refractivity contribution in [1.29, 1.82) is 0 Å². The van der Waals surface area contributed by atoms with Crippen LogP contribution in [0.15, 0.2) is 12.1 Å². The zero-order valence-electron chi connectivity index (χ0n) is 10.4. The van der Waals surface area contributed by atoms with Crippen molar-refractivity contribution in [3.63, 3.8) is 0 Å². The SMILES string of the molecule is CCCCCCCCc1ccc(C(C)=O)s1. The molecule has 0 saturated heterocycles. The number of carbonyl (C=O) groups is 1. The van der Waals surface area contributed by atoms with E-state index in [4.69, 9.17) is 0 Å². The molecule has 0 unspecified atom stereocenters. The Kier molecular flexibility index (Phi) is 6.39. The van der Waals surface area contributed by atoms with E-state index in [0.29, 0.717) is 0 Å². The molecule has 0 atom stereocenters. The minimum atomic E-state index is 0.194. The molecule has 1 aromatic heterocycles. The minimum absolute atomic E-state index is 0.194. The Bertz CT molecular complexity index is 314. The van der Waals surface area contributed by atoms with Gasteiger partial charge in [-0.05, 0) is 31.9 Å².